The Morgan fingerprint density at radius 2 is 1.86 bits per heavy atom. The lowest BCUT2D eigenvalue weighted by Crippen LogP contribution is -2.35. The SMILES string of the molecule is CC(=O)C1CC(OC(=O)C=Cc2ccccc2)C2=C(C)C(=O)CC(C(C)C)C21. The summed E-state index contributed by atoms with van der Waals surface area (Å²) < 4.78 is 5.74. The molecule has 1 fully saturated rings. The zero-order valence-electron chi connectivity index (χ0n) is 17.0. The van der Waals surface area contributed by atoms with Crippen LogP contribution in [0.1, 0.15) is 46.1 Å². The summed E-state index contributed by atoms with van der Waals surface area (Å²) in [6.45, 7) is 7.60. The third kappa shape index (κ3) is 4.01. The van der Waals surface area contributed by atoms with E-state index in [9.17, 15) is 14.4 Å². The van der Waals surface area contributed by atoms with Crippen molar-refractivity contribution in [2.24, 2.45) is 23.7 Å². The number of Topliss-reactive ketones (excluding diaryl/α,β-unsaturated/α-hetero) is 2. The van der Waals surface area contributed by atoms with Crippen molar-refractivity contribution in [3.05, 3.63) is 53.1 Å². The van der Waals surface area contributed by atoms with Crippen molar-refractivity contribution in [3.63, 3.8) is 0 Å². The van der Waals surface area contributed by atoms with Gasteiger partial charge in [-0.3, -0.25) is 9.59 Å². The topological polar surface area (TPSA) is 60.4 Å². The Balaban J connectivity index is 1.86. The maximum atomic E-state index is 12.6. The van der Waals surface area contributed by atoms with E-state index in [1.54, 1.807) is 13.0 Å². The largest absolute Gasteiger partial charge is 0.455 e. The van der Waals surface area contributed by atoms with E-state index in [1.807, 2.05) is 37.3 Å². The molecule has 1 aromatic rings. The first-order chi connectivity index (χ1) is 13.3. The molecule has 0 aliphatic heterocycles. The number of ether oxygens (including phenoxy) is 1. The summed E-state index contributed by atoms with van der Waals surface area (Å²) in [5.41, 5.74) is 2.46. The van der Waals surface area contributed by atoms with Crippen molar-refractivity contribution in [2.45, 2.75) is 46.6 Å². The Kier molecular flexibility index (Phi) is 5.97. The number of fused-ring (bicyclic) bond motifs is 1. The monoisotopic (exact) mass is 380 g/mol. The van der Waals surface area contributed by atoms with Crippen molar-refractivity contribution in [2.75, 3.05) is 0 Å². The lowest BCUT2D eigenvalue weighted by atomic mass is 9.68. The van der Waals surface area contributed by atoms with Crippen molar-refractivity contribution >= 4 is 23.6 Å². The number of rotatable bonds is 5. The third-order valence-electron chi connectivity index (χ3n) is 6.19. The van der Waals surface area contributed by atoms with Crippen LogP contribution in [0.2, 0.25) is 0 Å². The highest BCUT2D eigenvalue weighted by Crippen LogP contribution is 2.50. The van der Waals surface area contributed by atoms with Crippen LogP contribution in [0.3, 0.4) is 0 Å². The molecule has 4 atom stereocenters. The number of hydrogen-bond donors (Lipinski definition) is 0. The predicted molar refractivity (Wildman–Crippen MR) is 108 cm³/mol. The second-order valence-electron chi connectivity index (χ2n) is 8.26. The van der Waals surface area contributed by atoms with Crippen LogP contribution in [-0.2, 0) is 19.1 Å². The molecule has 0 heterocycles. The number of ketones is 2. The van der Waals surface area contributed by atoms with Crippen LogP contribution in [0.4, 0.5) is 0 Å². The molecule has 0 N–H and O–H groups in total. The van der Waals surface area contributed by atoms with E-state index in [4.69, 9.17) is 4.74 Å². The highest BCUT2D eigenvalue weighted by atomic mass is 16.5. The molecular weight excluding hydrogens is 352 g/mol. The molecule has 0 radical (unpaired) electrons. The lowest BCUT2D eigenvalue weighted by molar-refractivity contribution is -0.141. The Morgan fingerprint density at radius 1 is 1.18 bits per heavy atom. The molecule has 28 heavy (non-hydrogen) atoms. The smallest absolute Gasteiger partial charge is 0.331 e. The molecule has 1 saturated carbocycles. The summed E-state index contributed by atoms with van der Waals surface area (Å²) in [5, 5.41) is 0. The number of carbonyl (C=O) groups excluding carboxylic acids is 3. The van der Waals surface area contributed by atoms with Crippen LogP contribution >= 0.6 is 0 Å². The van der Waals surface area contributed by atoms with Gasteiger partial charge in [0.2, 0.25) is 0 Å². The van der Waals surface area contributed by atoms with Crippen LogP contribution < -0.4 is 0 Å². The first-order valence-corrected chi connectivity index (χ1v) is 9.97. The summed E-state index contributed by atoms with van der Waals surface area (Å²) in [5.74, 6) is -0.0395. The molecule has 3 rings (SSSR count). The fraction of sp³-hybridized carbons (Fsp3) is 0.458. The van der Waals surface area contributed by atoms with Crippen molar-refractivity contribution in [3.8, 4) is 0 Å². The Morgan fingerprint density at radius 3 is 2.46 bits per heavy atom. The molecule has 4 heteroatoms. The van der Waals surface area contributed by atoms with Crippen molar-refractivity contribution in [1.29, 1.82) is 0 Å². The number of benzene rings is 1. The molecule has 0 spiro atoms. The molecule has 1 aromatic carbocycles. The Hall–Kier alpha value is -2.49. The molecule has 148 valence electrons. The minimum Gasteiger partial charge on any atom is -0.455 e. The van der Waals surface area contributed by atoms with E-state index in [1.165, 1.54) is 6.08 Å². The summed E-state index contributed by atoms with van der Waals surface area (Å²) in [7, 11) is 0. The van der Waals surface area contributed by atoms with E-state index >= 15 is 0 Å². The van der Waals surface area contributed by atoms with Crippen LogP contribution in [0, 0.1) is 23.7 Å². The molecule has 2 aliphatic carbocycles. The number of esters is 1. The zero-order valence-corrected chi connectivity index (χ0v) is 17.0. The van der Waals surface area contributed by atoms with E-state index in [0.717, 1.165) is 11.1 Å². The van der Waals surface area contributed by atoms with E-state index in [2.05, 4.69) is 13.8 Å². The normalized spacial score (nSPS) is 27.4. The first-order valence-electron chi connectivity index (χ1n) is 9.97. The standard InChI is InChI=1S/C24H28O4/c1-14(2)18-12-20(26)15(3)23-21(13-19(16(4)25)24(18)23)28-22(27)11-10-17-8-6-5-7-9-17/h5-11,14,18-19,21,24H,12-13H2,1-4H3. The lowest BCUT2D eigenvalue weighted by Gasteiger charge is -2.36. The Bertz CT molecular complexity index is 831. The predicted octanol–water partition coefficient (Wildman–Crippen LogP) is 4.40. The quantitative estimate of drug-likeness (QED) is 0.561. The van der Waals surface area contributed by atoms with Gasteiger partial charge in [-0.15, -0.1) is 0 Å². The molecule has 0 amide bonds. The van der Waals surface area contributed by atoms with Crippen molar-refractivity contribution < 1.29 is 19.1 Å². The zero-order chi connectivity index (χ0) is 20.4. The number of hydrogen-bond acceptors (Lipinski definition) is 4. The summed E-state index contributed by atoms with van der Waals surface area (Å²) in [4.78, 5) is 37.3. The Labute approximate surface area is 166 Å². The second kappa shape index (κ2) is 8.26. The average Bonchev–Trinajstić information content (AvgIpc) is 3.03. The average molecular weight is 380 g/mol. The second-order valence-corrected chi connectivity index (χ2v) is 8.26. The van der Waals surface area contributed by atoms with Gasteiger partial charge in [-0.05, 0) is 60.8 Å². The number of carbonyl (C=O) groups is 3. The van der Waals surface area contributed by atoms with Gasteiger partial charge in [0.25, 0.3) is 0 Å². The van der Waals surface area contributed by atoms with Gasteiger partial charge >= 0.3 is 5.97 Å². The highest BCUT2D eigenvalue weighted by Gasteiger charge is 2.51. The van der Waals surface area contributed by atoms with E-state index in [-0.39, 0.29) is 35.2 Å². The summed E-state index contributed by atoms with van der Waals surface area (Å²) in [6.07, 6.45) is 3.55. The fourth-order valence-electron chi connectivity index (χ4n) is 4.70. The summed E-state index contributed by atoms with van der Waals surface area (Å²) in [6, 6.07) is 9.52. The molecule has 0 bridgehead atoms. The van der Waals surface area contributed by atoms with Gasteiger partial charge in [0.1, 0.15) is 11.9 Å². The van der Waals surface area contributed by atoms with Gasteiger partial charge in [-0.1, -0.05) is 44.2 Å². The molecule has 0 saturated heterocycles. The van der Waals surface area contributed by atoms with Gasteiger partial charge in [0.15, 0.2) is 5.78 Å². The molecule has 4 unspecified atom stereocenters. The van der Waals surface area contributed by atoms with Crippen LogP contribution in [0.25, 0.3) is 6.08 Å². The van der Waals surface area contributed by atoms with E-state index < -0.39 is 12.1 Å². The minimum absolute atomic E-state index is 0.00824. The van der Waals surface area contributed by atoms with Crippen LogP contribution in [0.5, 0.6) is 0 Å². The molecular formula is C24H28O4. The maximum absolute atomic E-state index is 12.6. The van der Waals surface area contributed by atoms with Crippen LogP contribution in [0.15, 0.2) is 47.6 Å². The van der Waals surface area contributed by atoms with Crippen LogP contribution in [-0.4, -0.2) is 23.6 Å². The first kappa shape index (κ1) is 20.2. The van der Waals surface area contributed by atoms with Gasteiger partial charge in [-0.25, -0.2) is 4.79 Å². The minimum atomic E-state index is -0.502. The fourth-order valence-corrected chi connectivity index (χ4v) is 4.70. The van der Waals surface area contributed by atoms with E-state index in [0.29, 0.717) is 18.4 Å². The molecule has 0 aromatic heterocycles. The third-order valence-corrected chi connectivity index (χ3v) is 6.19. The number of allylic oxidation sites excluding steroid dienone is 1. The molecule has 4 nitrogen and oxygen atoms in total. The van der Waals surface area contributed by atoms with Gasteiger partial charge < -0.3 is 4.74 Å². The van der Waals surface area contributed by atoms with Crippen molar-refractivity contribution in [1.82, 2.24) is 0 Å². The summed E-state index contributed by atoms with van der Waals surface area (Å²) >= 11 is 0. The maximum Gasteiger partial charge on any atom is 0.331 e. The van der Waals surface area contributed by atoms with Gasteiger partial charge in [0, 0.05) is 18.4 Å². The highest BCUT2D eigenvalue weighted by molar-refractivity contribution is 5.98. The molecule has 2 aliphatic rings. The van der Waals surface area contributed by atoms with Gasteiger partial charge in [-0.2, -0.15) is 0 Å². The van der Waals surface area contributed by atoms with Gasteiger partial charge in [0.05, 0.1) is 0 Å².